The van der Waals surface area contributed by atoms with Gasteiger partial charge in [0.25, 0.3) is 0 Å². The summed E-state index contributed by atoms with van der Waals surface area (Å²) < 4.78 is 5.33. The molecule has 1 saturated carbocycles. The Morgan fingerprint density at radius 2 is 2.14 bits per heavy atom. The fourth-order valence-corrected chi connectivity index (χ4v) is 3.29. The molecular weight excluding hydrogens is 284 g/mol. The second-order valence-electron chi connectivity index (χ2n) is 6.67. The molecule has 0 bridgehead atoms. The van der Waals surface area contributed by atoms with Gasteiger partial charge in [0.1, 0.15) is 5.60 Å². The van der Waals surface area contributed by atoms with Gasteiger partial charge in [-0.05, 0) is 57.9 Å². The van der Waals surface area contributed by atoms with Crippen LogP contribution in [-0.2, 0) is 11.3 Å². The van der Waals surface area contributed by atoms with Gasteiger partial charge in [0.2, 0.25) is 0 Å². The molecule has 0 aliphatic heterocycles. The summed E-state index contributed by atoms with van der Waals surface area (Å²) in [5, 5.41) is 8.70. The summed E-state index contributed by atoms with van der Waals surface area (Å²) >= 11 is 1.78. The first-order valence-electron chi connectivity index (χ1n) is 7.67. The molecule has 4 nitrogen and oxygen atoms in total. The zero-order chi connectivity index (χ0) is 15.3. The standard InChI is InChI=1S/C16H26N2O2S/c1-16(2,3)20-15(19)18-13-7-4-6-12(10-13)17-11-14-8-5-9-21-14/h5,8-9,12-13,17H,4,6-7,10-11H2,1-3H3,(H,18,19). The Hall–Kier alpha value is -1.07. The zero-order valence-electron chi connectivity index (χ0n) is 13.1. The fraction of sp³-hybridized carbons (Fsp3) is 0.688. The van der Waals surface area contributed by atoms with Crippen molar-refractivity contribution < 1.29 is 9.53 Å². The van der Waals surface area contributed by atoms with E-state index >= 15 is 0 Å². The summed E-state index contributed by atoms with van der Waals surface area (Å²) in [6, 6.07) is 4.92. The maximum absolute atomic E-state index is 11.8. The number of carbonyl (C=O) groups is 1. The topological polar surface area (TPSA) is 50.4 Å². The van der Waals surface area contributed by atoms with Crippen molar-refractivity contribution in [2.24, 2.45) is 0 Å². The third kappa shape index (κ3) is 6.06. The molecule has 0 radical (unpaired) electrons. The summed E-state index contributed by atoms with van der Waals surface area (Å²) in [6.07, 6.45) is 4.04. The fourth-order valence-electron chi connectivity index (χ4n) is 2.64. The molecule has 1 aliphatic rings. The second-order valence-corrected chi connectivity index (χ2v) is 7.70. The molecule has 1 amide bonds. The lowest BCUT2D eigenvalue weighted by Gasteiger charge is -2.31. The van der Waals surface area contributed by atoms with E-state index in [9.17, 15) is 4.79 Å². The smallest absolute Gasteiger partial charge is 0.407 e. The van der Waals surface area contributed by atoms with Gasteiger partial charge >= 0.3 is 6.09 Å². The Morgan fingerprint density at radius 3 is 2.81 bits per heavy atom. The van der Waals surface area contributed by atoms with Crippen LogP contribution in [0.25, 0.3) is 0 Å². The first kappa shape index (κ1) is 16.3. The van der Waals surface area contributed by atoms with Gasteiger partial charge in [-0.1, -0.05) is 6.07 Å². The molecular formula is C16H26N2O2S. The molecule has 1 aliphatic carbocycles. The molecule has 1 fully saturated rings. The largest absolute Gasteiger partial charge is 0.444 e. The van der Waals surface area contributed by atoms with Gasteiger partial charge in [0.15, 0.2) is 0 Å². The Kier molecular flexibility index (Phi) is 5.65. The van der Waals surface area contributed by atoms with Crippen molar-refractivity contribution in [1.29, 1.82) is 0 Å². The summed E-state index contributed by atoms with van der Waals surface area (Å²) in [6.45, 7) is 6.58. The number of nitrogens with one attached hydrogen (secondary N) is 2. The van der Waals surface area contributed by atoms with Crippen LogP contribution in [0, 0.1) is 0 Å². The van der Waals surface area contributed by atoms with Crippen molar-refractivity contribution >= 4 is 17.4 Å². The Bertz CT molecular complexity index is 440. The summed E-state index contributed by atoms with van der Waals surface area (Å²) in [7, 11) is 0. The maximum Gasteiger partial charge on any atom is 0.407 e. The van der Waals surface area contributed by atoms with Gasteiger partial charge in [0.05, 0.1) is 0 Å². The first-order valence-corrected chi connectivity index (χ1v) is 8.55. The summed E-state index contributed by atoms with van der Waals surface area (Å²) in [5.74, 6) is 0. The highest BCUT2D eigenvalue weighted by Gasteiger charge is 2.25. The van der Waals surface area contributed by atoms with Gasteiger partial charge in [-0.15, -0.1) is 11.3 Å². The minimum Gasteiger partial charge on any atom is -0.444 e. The first-order chi connectivity index (χ1) is 9.92. The van der Waals surface area contributed by atoms with Crippen molar-refractivity contribution in [3.05, 3.63) is 22.4 Å². The van der Waals surface area contributed by atoms with Crippen LogP contribution < -0.4 is 10.6 Å². The highest BCUT2D eigenvalue weighted by atomic mass is 32.1. The normalized spacial score (nSPS) is 22.8. The van der Waals surface area contributed by atoms with Crippen LogP contribution in [0.4, 0.5) is 4.79 Å². The number of hydrogen-bond donors (Lipinski definition) is 2. The third-order valence-electron chi connectivity index (χ3n) is 3.54. The van der Waals surface area contributed by atoms with Crippen LogP contribution in [0.1, 0.15) is 51.3 Å². The van der Waals surface area contributed by atoms with Crippen molar-refractivity contribution in [3.63, 3.8) is 0 Å². The van der Waals surface area contributed by atoms with E-state index < -0.39 is 5.60 Å². The number of alkyl carbamates (subject to hydrolysis) is 1. The van der Waals surface area contributed by atoms with E-state index in [2.05, 4.69) is 28.1 Å². The molecule has 21 heavy (non-hydrogen) atoms. The number of thiophene rings is 1. The van der Waals surface area contributed by atoms with Crippen LogP contribution in [0.5, 0.6) is 0 Å². The van der Waals surface area contributed by atoms with E-state index in [1.165, 1.54) is 11.3 Å². The van der Waals surface area contributed by atoms with Crippen molar-refractivity contribution in [3.8, 4) is 0 Å². The molecule has 5 heteroatoms. The summed E-state index contributed by atoms with van der Waals surface area (Å²) in [5.41, 5.74) is -0.435. The third-order valence-corrected chi connectivity index (χ3v) is 4.42. The molecule has 2 unspecified atom stereocenters. The molecule has 2 N–H and O–H groups in total. The lowest BCUT2D eigenvalue weighted by Crippen LogP contribution is -2.45. The number of rotatable bonds is 4. The monoisotopic (exact) mass is 310 g/mol. The lowest BCUT2D eigenvalue weighted by atomic mass is 9.91. The highest BCUT2D eigenvalue weighted by molar-refractivity contribution is 7.09. The van der Waals surface area contributed by atoms with Crippen molar-refractivity contribution in [2.75, 3.05) is 0 Å². The Labute approximate surface area is 131 Å². The molecule has 1 aromatic rings. The van der Waals surface area contributed by atoms with E-state index in [0.29, 0.717) is 6.04 Å². The molecule has 1 heterocycles. The van der Waals surface area contributed by atoms with Crippen LogP contribution in [0.3, 0.4) is 0 Å². The molecule has 0 spiro atoms. The van der Waals surface area contributed by atoms with Crippen molar-refractivity contribution in [2.45, 2.75) is 70.7 Å². The van der Waals surface area contributed by atoms with Crippen LogP contribution in [-0.4, -0.2) is 23.8 Å². The molecule has 0 saturated heterocycles. The van der Waals surface area contributed by atoms with Crippen LogP contribution in [0.15, 0.2) is 17.5 Å². The molecule has 2 rings (SSSR count). The van der Waals surface area contributed by atoms with Crippen molar-refractivity contribution in [1.82, 2.24) is 10.6 Å². The van der Waals surface area contributed by atoms with E-state index in [1.807, 2.05) is 20.8 Å². The van der Waals surface area contributed by atoms with E-state index in [1.54, 1.807) is 11.3 Å². The Balaban J connectivity index is 1.74. The van der Waals surface area contributed by atoms with Gasteiger partial charge < -0.3 is 15.4 Å². The maximum atomic E-state index is 11.8. The number of ether oxygens (including phenoxy) is 1. The SMILES string of the molecule is CC(C)(C)OC(=O)NC1CCCC(NCc2cccs2)C1. The molecule has 1 aromatic heterocycles. The van der Waals surface area contributed by atoms with E-state index in [0.717, 1.165) is 25.8 Å². The van der Waals surface area contributed by atoms with E-state index in [-0.39, 0.29) is 12.1 Å². The minimum absolute atomic E-state index is 0.217. The molecule has 2 atom stereocenters. The van der Waals surface area contributed by atoms with Gasteiger partial charge in [0, 0.05) is 23.5 Å². The van der Waals surface area contributed by atoms with Gasteiger partial charge in [-0.2, -0.15) is 0 Å². The number of carbonyl (C=O) groups excluding carboxylic acids is 1. The van der Waals surface area contributed by atoms with Gasteiger partial charge in [-0.25, -0.2) is 4.79 Å². The lowest BCUT2D eigenvalue weighted by molar-refractivity contribution is 0.0488. The predicted octanol–water partition coefficient (Wildman–Crippen LogP) is 3.67. The van der Waals surface area contributed by atoms with E-state index in [4.69, 9.17) is 4.74 Å². The number of amides is 1. The average molecular weight is 310 g/mol. The summed E-state index contributed by atoms with van der Waals surface area (Å²) in [4.78, 5) is 13.2. The second kappa shape index (κ2) is 7.27. The number of hydrogen-bond acceptors (Lipinski definition) is 4. The van der Waals surface area contributed by atoms with Crippen LogP contribution in [0.2, 0.25) is 0 Å². The Morgan fingerprint density at radius 1 is 1.38 bits per heavy atom. The zero-order valence-corrected chi connectivity index (χ0v) is 14.0. The van der Waals surface area contributed by atoms with Gasteiger partial charge in [-0.3, -0.25) is 0 Å². The molecule has 118 valence electrons. The predicted molar refractivity (Wildman–Crippen MR) is 86.6 cm³/mol. The minimum atomic E-state index is -0.435. The average Bonchev–Trinajstić information content (AvgIpc) is 2.87. The quantitative estimate of drug-likeness (QED) is 0.892. The highest BCUT2D eigenvalue weighted by Crippen LogP contribution is 2.20. The molecule has 0 aromatic carbocycles. The van der Waals surface area contributed by atoms with Crippen LogP contribution >= 0.6 is 11.3 Å².